The van der Waals surface area contributed by atoms with Crippen LogP contribution in [0.3, 0.4) is 0 Å². The van der Waals surface area contributed by atoms with E-state index in [4.69, 9.17) is 0 Å². The Bertz CT molecular complexity index is 427. The summed E-state index contributed by atoms with van der Waals surface area (Å²) >= 11 is 0. The largest absolute Gasteiger partial charge is 0.480 e. The van der Waals surface area contributed by atoms with Crippen LogP contribution < -0.4 is 5.32 Å². The fourth-order valence-electron chi connectivity index (χ4n) is 2.10. The van der Waals surface area contributed by atoms with Crippen LogP contribution in [-0.4, -0.2) is 17.1 Å². The molecule has 2 unspecified atom stereocenters. The van der Waals surface area contributed by atoms with Crippen molar-refractivity contribution >= 4 is 5.97 Å². The highest BCUT2D eigenvalue weighted by Crippen LogP contribution is 2.46. The molecule has 0 spiro atoms. The third kappa shape index (κ3) is 2.20. The smallest absolute Gasteiger partial charge is 0.328 e. The zero-order valence-corrected chi connectivity index (χ0v) is 10.5. The summed E-state index contributed by atoms with van der Waals surface area (Å²) in [6.45, 7) is 6.04. The van der Waals surface area contributed by atoms with E-state index < -0.39 is 11.5 Å². The van der Waals surface area contributed by atoms with Crippen molar-refractivity contribution in [2.24, 2.45) is 5.41 Å². The van der Waals surface area contributed by atoms with E-state index in [0.717, 1.165) is 12.0 Å². The molecular formula is C14H19NO2. The summed E-state index contributed by atoms with van der Waals surface area (Å²) in [6, 6.07) is 9.63. The molecule has 3 heteroatoms. The van der Waals surface area contributed by atoms with Crippen LogP contribution in [0.25, 0.3) is 0 Å². The van der Waals surface area contributed by atoms with E-state index in [9.17, 15) is 9.90 Å². The predicted molar refractivity (Wildman–Crippen MR) is 66.8 cm³/mol. The molecule has 1 aliphatic rings. The molecule has 1 aromatic carbocycles. The Labute approximate surface area is 102 Å². The number of aliphatic carboxylic acids is 1. The number of carbonyl (C=O) groups is 1. The van der Waals surface area contributed by atoms with Crippen LogP contribution in [0, 0.1) is 5.41 Å². The lowest BCUT2D eigenvalue weighted by molar-refractivity contribution is -0.144. The van der Waals surface area contributed by atoms with Gasteiger partial charge < -0.3 is 5.11 Å². The average molecular weight is 233 g/mol. The van der Waals surface area contributed by atoms with Crippen molar-refractivity contribution < 1.29 is 9.90 Å². The first kappa shape index (κ1) is 12.1. The number of benzene rings is 1. The summed E-state index contributed by atoms with van der Waals surface area (Å²) in [6.07, 6.45) is 1.03. The SMILES string of the molecule is CC(NC1CC1(C)C)(C(=O)O)c1ccccc1. The highest BCUT2D eigenvalue weighted by Gasteiger charge is 2.50. The Morgan fingerprint density at radius 2 is 1.94 bits per heavy atom. The standard InChI is InChI=1S/C14H19NO2/c1-13(2)9-11(13)15-14(3,12(16)17)10-7-5-4-6-8-10/h4-8,11,15H,9H2,1-3H3,(H,16,17). The molecule has 0 amide bonds. The summed E-state index contributed by atoms with van der Waals surface area (Å²) in [4.78, 5) is 11.5. The first-order valence-electron chi connectivity index (χ1n) is 5.93. The first-order valence-corrected chi connectivity index (χ1v) is 5.93. The minimum atomic E-state index is -1.00. The van der Waals surface area contributed by atoms with E-state index in [0.29, 0.717) is 0 Å². The predicted octanol–water partition coefficient (Wildman–Crippen LogP) is 2.37. The minimum absolute atomic E-state index is 0.214. The maximum Gasteiger partial charge on any atom is 0.328 e. The van der Waals surface area contributed by atoms with Gasteiger partial charge >= 0.3 is 5.97 Å². The van der Waals surface area contributed by atoms with Gasteiger partial charge in [-0.15, -0.1) is 0 Å². The van der Waals surface area contributed by atoms with Gasteiger partial charge in [0.15, 0.2) is 0 Å². The van der Waals surface area contributed by atoms with E-state index in [-0.39, 0.29) is 11.5 Å². The molecular weight excluding hydrogens is 214 g/mol. The zero-order valence-electron chi connectivity index (χ0n) is 10.5. The molecule has 2 rings (SSSR count). The van der Waals surface area contributed by atoms with Crippen LogP contribution in [-0.2, 0) is 10.3 Å². The molecule has 3 nitrogen and oxygen atoms in total. The number of carboxylic acids is 1. The van der Waals surface area contributed by atoms with Gasteiger partial charge in [0.1, 0.15) is 5.54 Å². The van der Waals surface area contributed by atoms with Crippen molar-refractivity contribution in [3.63, 3.8) is 0 Å². The molecule has 2 atom stereocenters. The molecule has 0 bridgehead atoms. The Kier molecular flexibility index (Phi) is 2.74. The lowest BCUT2D eigenvalue weighted by Gasteiger charge is -2.28. The zero-order chi connectivity index (χ0) is 12.7. The van der Waals surface area contributed by atoms with Crippen molar-refractivity contribution in [2.75, 3.05) is 0 Å². The molecule has 92 valence electrons. The van der Waals surface area contributed by atoms with E-state index >= 15 is 0 Å². The van der Waals surface area contributed by atoms with E-state index in [1.54, 1.807) is 6.92 Å². The number of carboxylic acid groups (broad SMARTS) is 1. The van der Waals surface area contributed by atoms with E-state index in [1.807, 2.05) is 30.3 Å². The Morgan fingerprint density at radius 1 is 1.41 bits per heavy atom. The van der Waals surface area contributed by atoms with Gasteiger partial charge in [-0.2, -0.15) is 0 Å². The molecule has 1 aliphatic carbocycles. The van der Waals surface area contributed by atoms with Crippen molar-refractivity contribution in [1.29, 1.82) is 0 Å². The fourth-order valence-corrected chi connectivity index (χ4v) is 2.10. The second kappa shape index (κ2) is 3.84. The van der Waals surface area contributed by atoms with E-state index in [1.165, 1.54) is 0 Å². The lowest BCUT2D eigenvalue weighted by Crippen LogP contribution is -2.48. The van der Waals surface area contributed by atoms with Gasteiger partial charge in [-0.1, -0.05) is 44.2 Å². The second-order valence-electron chi connectivity index (χ2n) is 5.69. The van der Waals surface area contributed by atoms with Crippen LogP contribution in [0.15, 0.2) is 30.3 Å². The maximum atomic E-state index is 11.5. The van der Waals surface area contributed by atoms with Gasteiger partial charge in [-0.3, -0.25) is 5.32 Å². The van der Waals surface area contributed by atoms with Crippen LogP contribution in [0.1, 0.15) is 32.8 Å². The summed E-state index contributed by atoms with van der Waals surface area (Å²) in [5.74, 6) is -0.827. The first-order chi connectivity index (χ1) is 7.86. The van der Waals surface area contributed by atoms with Crippen LogP contribution in [0.5, 0.6) is 0 Å². The molecule has 1 aromatic rings. The Hall–Kier alpha value is -1.35. The highest BCUT2D eigenvalue weighted by atomic mass is 16.4. The Balaban J connectivity index is 2.25. The van der Waals surface area contributed by atoms with Gasteiger partial charge in [-0.25, -0.2) is 4.79 Å². The number of hydrogen-bond acceptors (Lipinski definition) is 2. The fraction of sp³-hybridized carbons (Fsp3) is 0.500. The summed E-state index contributed by atoms with van der Waals surface area (Å²) < 4.78 is 0. The van der Waals surface area contributed by atoms with Crippen molar-refractivity contribution in [2.45, 2.75) is 38.8 Å². The second-order valence-corrected chi connectivity index (χ2v) is 5.69. The molecule has 0 saturated heterocycles. The molecule has 0 aliphatic heterocycles. The molecule has 0 radical (unpaired) electrons. The monoisotopic (exact) mass is 233 g/mol. The number of nitrogens with one attached hydrogen (secondary N) is 1. The van der Waals surface area contributed by atoms with E-state index in [2.05, 4.69) is 19.2 Å². The lowest BCUT2D eigenvalue weighted by atomic mass is 9.91. The normalized spacial score (nSPS) is 25.0. The van der Waals surface area contributed by atoms with Gasteiger partial charge in [0.05, 0.1) is 0 Å². The van der Waals surface area contributed by atoms with Crippen LogP contribution in [0.2, 0.25) is 0 Å². The molecule has 2 N–H and O–H groups in total. The van der Waals surface area contributed by atoms with Gasteiger partial charge in [0.25, 0.3) is 0 Å². The Morgan fingerprint density at radius 3 is 2.35 bits per heavy atom. The van der Waals surface area contributed by atoms with Crippen LogP contribution >= 0.6 is 0 Å². The maximum absolute atomic E-state index is 11.5. The minimum Gasteiger partial charge on any atom is -0.480 e. The molecule has 17 heavy (non-hydrogen) atoms. The molecule has 1 saturated carbocycles. The van der Waals surface area contributed by atoms with Crippen molar-refractivity contribution in [3.05, 3.63) is 35.9 Å². The number of rotatable bonds is 4. The van der Waals surface area contributed by atoms with Gasteiger partial charge in [0, 0.05) is 6.04 Å². The molecule has 0 aromatic heterocycles. The summed E-state index contributed by atoms with van der Waals surface area (Å²) in [5.41, 5.74) is 0.0146. The van der Waals surface area contributed by atoms with Crippen molar-refractivity contribution in [3.8, 4) is 0 Å². The summed E-state index contributed by atoms with van der Waals surface area (Å²) in [7, 11) is 0. The topological polar surface area (TPSA) is 49.3 Å². The quantitative estimate of drug-likeness (QED) is 0.839. The van der Waals surface area contributed by atoms with Gasteiger partial charge in [0.2, 0.25) is 0 Å². The van der Waals surface area contributed by atoms with Crippen molar-refractivity contribution in [1.82, 2.24) is 5.32 Å². The third-order valence-electron chi connectivity index (χ3n) is 3.76. The highest BCUT2D eigenvalue weighted by molar-refractivity contribution is 5.80. The number of hydrogen-bond donors (Lipinski definition) is 2. The van der Waals surface area contributed by atoms with Gasteiger partial charge in [-0.05, 0) is 24.3 Å². The average Bonchev–Trinajstić information content (AvgIpc) is 2.86. The van der Waals surface area contributed by atoms with Crippen LogP contribution in [0.4, 0.5) is 0 Å². The third-order valence-corrected chi connectivity index (χ3v) is 3.76. The molecule has 0 heterocycles. The summed E-state index contributed by atoms with van der Waals surface area (Å²) in [5, 5.41) is 12.7. The molecule has 1 fully saturated rings.